The van der Waals surface area contributed by atoms with Crippen LogP contribution < -0.4 is 0 Å². The average molecular weight is 407 g/mol. The molecule has 1 rings (SSSR count). The summed E-state index contributed by atoms with van der Waals surface area (Å²) >= 11 is 0. The molecule has 1 aromatic rings. The summed E-state index contributed by atoms with van der Waals surface area (Å²) in [4.78, 5) is 10.4. The monoisotopic (exact) mass is 406 g/mol. The summed E-state index contributed by atoms with van der Waals surface area (Å²) in [6.07, 6.45) is 14.3. The zero-order valence-electron chi connectivity index (χ0n) is 18.4. The minimum atomic E-state index is -0.681. The molecule has 0 aliphatic heterocycles. The number of aliphatic carboxylic acids is 1. The first-order valence-corrected chi connectivity index (χ1v) is 11.7. The van der Waals surface area contributed by atoms with Crippen molar-refractivity contribution >= 4 is 5.97 Å². The lowest BCUT2D eigenvalue weighted by molar-refractivity contribution is -0.137. The SMILES string of the molecule is CCC(CC(O)CCCCCCCCCCCCC(=O)O)OCc1ccccc1. The second-order valence-corrected chi connectivity index (χ2v) is 8.18. The van der Waals surface area contributed by atoms with Crippen molar-refractivity contribution in [2.75, 3.05) is 0 Å². The third-order valence-corrected chi connectivity index (χ3v) is 5.50. The molecule has 4 heteroatoms. The summed E-state index contributed by atoms with van der Waals surface area (Å²) in [7, 11) is 0. The van der Waals surface area contributed by atoms with E-state index in [0.717, 1.165) is 44.9 Å². The quantitative estimate of drug-likeness (QED) is 0.257. The lowest BCUT2D eigenvalue weighted by Crippen LogP contribution is -2.20. The Balaban J connectivity index is 1.93. The summed E-state index contributed by atoms with van der Waals surface area (Å²) < 4.78 is 5.98. The number of hydrogen-bond acceptors (Lipinski definition) is 3. The van der Waals surface area contributed by atoms with Crippen LogP contribution in [0.25, 0.3) is 0 Å². The summed E-state index contributed by atoms with van der Waals surface area (Å²) in [6.45, 7) is 2.74. The van der Waals surface area contributed by atoms with E-state index in [9.17, 15) is 9.90 Å². The molecule has 2 N–H and O–H groups in total. The predicted octanol–water partition coefficient (Wildman–Crippen LogP) is 6.50. The van der Waals surface area contributed by atoms with E-state index in [-0.39, 0.29) is 12.2 Å². The van der Waals surface area contributed by atoms with Gasteiger partial charge in [-0.25, -0.2) is 0 Å². The number of benzene rings is 1. The Bertz CT molecular complexity index is 503. The van der Waals surface area contributed by atoms with Crippen LogP contribution in [0.15, 0.2) is 30.3 Å². The van der Waals surface area contributed by atoms with Gasteiger partial charge >= 0.3 is 5.97 Å². The smallest absolute Gasteiger partial charge is 0.303 e. The van der Waals surface area contributed by atoms with Crippen molar-refractivity contribution in [3.63, 3.8) is 0 Å². The predicted molar refractivity (Wildman–Crippen MR) is 119 cm³/mol. The van der Waals surface area contributed by atoms with Gasteiger partial charge in [-0.05, 0) is 31.2 Å². The molecule has 0 bridgehead atoms. The summed E-state index contributed by atoms with van der Waals surface area (Å²) in [5.74, 6) is -0.681. The Morgan fingerprint density at radius 3 is 2.00 bits per heavy atom. The van der Waals surface area contributed by atoms with Crippen molar-refractivity contribution in [1.82, 2.24) is 0 Å². The third kappa shape index (κ3) is 15.2. The molecule has 0 fully saturated rings. The highest BCUT2D eigenvalue weighted by Crippen LogP contribution is 2.16. The number of carboxylic acids is 1. The van der Waals surface area contributed by atoms with Crippen LogP contribution in [0.5, 0.6) is 0 Å². The summed E-state index contributed by atoms with van der Waals surface area (Å²) in [6, 6.07) is 10.2. The number of hydrogen-bond donors (Lipinski definition) is 2. The molecule has 0 radical (unpaired) electrons. The zero-order chi connectivity index (χ0) is 21.2. The van der Waals surface area contributed by atoms with E-state index in [0.29, 0.717) is 13.0 Å². The topological polar surface area (TPSA) is 66.8 Å². The molecule has 4 nitrogen and oxygen atoms in total. The highest BCUT2D eigenvalue weighted by molar-refractivity contribution is 5.66. The fourth-order valence-corrected chi connectivity index (χ4v) is 3.63. The van der Waals surface area contributed by atoms with Crippen LogP contribution in [0.3, 0.4) is 0 Å². The van der Waals surface area contributed by atoms with E-state index < -0.39 is 5.97 Å². The molecule has 0 saturated carbocycles. The van der Waals surface area contributed by atoms with E-state index in [2.05, 4.69) is 19.1 Å². The standard InChI is InChI=1S/C25H42O4/c1-2-24(29-21-22-16-12-11-13-17-22)20-23(26)18-14-9-7-5-3-4-6-8-10-15-19-25(27)28/h11-13,16-17,23-24,26H,2-10,14-15,18-21H2,1H3,(H,27,28). The minimum absolute atomic E-state index is 0.126. The molecular formula is C25H42O4. The van der Waals surface area contributed by atoms with Gasteiger partial charge in [-0.3, -0.25) is 4.79 Å². The van der Waals surface area contributed by atoms with Gasteiger partial charge in [-0.1, -0.05) is 95.0 Å². The van der Waals surface area contributed by atoms with Gasteiger partial charge < -0.3 is 14.9 Å². The van der Waals surface area contributed by atoms with Gasteiger partial charge in [0.2, 0.25) is 0 Å². The minimum Gasteiger partial charge on any atom is -0.481 e. The fourth-order valence-electron chi connectivity index (χ4n) is 3.63. The molecule has 0 aromatic heterocycles. The van der Waals surface area contributed by atoms with Crippen molar-refractivity contribution in [2.45, 2.75) is 116 Å². The van der Waals surface area contributed by atoms with E-state index in [1.54, 1.807) is 0 Å². The molecule has 29 heavy (non-hydrogen) atoms. The number of rotatable bonds is 19. The molecule has 166 valence electrons. The average Bonchev–Trinajstić information content (AvgIpc) is 2.72. The second kappa shape index (κ2) is 17.5. The van der Waals surface area contributed by atoms with E-state index in [4.69, 9.17) is 9.84 Å². The lowest BCUT2D eigenvalue weighted by Gasteiger charge is -2.20. The number of carboxylic acid groups (broad SMARTS) is 1. The van der Waals surface area contributed by atoms with Gasteiger partial charge in [0.15, 0.2) is 0 Å². The maximum atomic E-state index is 10.4. The molecule has 0 amide bonds. The Hall–Kier alpha value is -1.39. The van der Waals surface area contributed by atoms with Crippen molar-refractivity contribution in [2.24, 2.45) is 0 Å². The molecule has 1 aromatic carbocycles. The normalized spacial score (nSPS) is 13.3. The number of ether oxygens (including phenoxy) is 1. The van der Waals surface area contributed by atoms with Crippen molar-refractivity contribution in [3.8, 4) is 0 Å². The maximum Gasteiger partial charge on any atom is 0.303 e. The van der Waals surface area contributed by atoms with Gasteiger partial charge in [0.25, 0.3) is 0 Å². The number of carbonyl (C=O) groups is 1. The van der Waals surface area contributed by atoms with Crippen LogP contribution in [0.1, 0.15) is 102 Å². The first-order chi connectivity index (χ1) is 14.1. The Morgan fingerprint density at radius 2 is 1.45 bits per heavy atom. The first-order valence-electron chi connectivity index (χ1n) is 11.7. The number of aliphatic hydroxyl groups excluding tert-OH is 1. The Morgan fingerprint density at radius 1 is 0.897 bits per heavy atom. The third-order valence-electron chi connectivity index (χ3n) is 5.50. The molecule has 2 atom stereocenters. The van der Waals surface area contributed by atoms with Gasteiger partial charge in [-0.15, -0.1) is 0 Å². The van der Waals surface area contributed by atoms with Crippen LogP contribution >= 0.6 is 0 Å². The van der Waals surface area contributed by atoms with Gasteiger partial charge in [0, 0.05) is 6.42 Å². The van der Waals surface area contributed by atoms with Crippen molar-refractivity contribution in [3.05, 3.63) is 35.9 Å². The van der Waals surface area contributed by atoms with Gasteiger partial charge in [0.1, 0.15) is 0 Å². The summed E-state index contributed by atoms with van der Waals surface area (Å²) in [5, 5.41) is 18.9. The van der Waals surface area contributed by atoms with Crippen molar-refractivity contribution in [1.29, 1.82) is 0 Å². The van der Waals surface area contributed by atoms with Crippen LogP contribution in [-0.4, -0.2) is 28.4 Å². The van der Waals surface area contributed by atoms with Crippen LogP contribution in [0.4, 0.5) is 0 Å². The molecule has 0 aliphatic carbocycles. The van der Waals surface area contributed by atoms with Crippen LogP contribution in [0, 0.1) is 0 Å². The zero-order valence-corrected chi connectivity index (χ0v) is 18.4. The lowest BCUT2D eigenvalue weighted by atomic mass is 10.0. The Labute approximate surface area is 177 Å². The van der Waals surface area contributed by atoms with E-state index >= 15 is 0 Å². The van der Waals surface area contributed by atoms with Crippen LogP contribution in [0.2, 0.25) is 0 Å². The first kappa shape index (κ1) is 25.6. The number of aliphatic hydroxyl groups is 1. The maximum absolute atomic E-state index is 10.4. The van der Waals surface area contributed by atoms with Crippen LogP contribution in [-0.2, 0) is 16.1 Å². The second-order valence-electron chi connectivity index (χ2n) is 8.18. The molecule has 0 saturated heterocycles. The highest BCUT2D eigenvalue weighted by atomic mass is 16.5. The molecule has 0 spiro atoms. The molecule has 2 unspecified atom stereocenters. The molecule has 0 heterocycles. The molecule has 0 aliphatic rings. The van der Waals surface area contributed by atoms with Crippen molar-refractivity contribution < 1.29 is 19.7 Å². The highest BCUT2D eigenvalue weighted by Gasteiger charge is 2.13. The largest absolute Gasteiger partial charge is 0.481 e. The van der Waals surface area contributed by atoms with Gasteiger partial charge in [-0.2, -0.15) is 0 Å². The Kier molecular flexibility index (Phi) is 15.4. The van der Waals surface area contributed by atoms with E-state index in [1.807, 2.05) is 18.2 Å². The summed E-state index contributed by atoms with van der Waals surface area (Å²) in [5.41, 5.74) is 1.18. The number of unbranched alkanes of at least 4 members (excludes halogenated alkanes) is 9. The van der Waals surface area contributed by atoms with E-state index in [1.165, 1.54) is 44.1 Å². The van der Waals surface area contributed by atoms with Gasteiger partial charge in [0.05, 0.1) is 18.8 Å². The fraction of sp³-hybridized carbons (Fsp3) is 0.720. The molecular weight excluding hydrogens is 364 g/mol.